The molecular formula is C10H17NO3. The van der Waals surface area contributed by atoms with Crippen molar-refractivity contribution in [2.45, 2.75) is 39.2 Å². The van der Waals surface area contributed by atoms with Gasteiger partial charge in [0, 0.05) is 19.0 Å². The molecular weight excluding hydrogens is 182 g/mol. The Morgan fingerprint density at radius 3 is 2.79 bits per heavy atom. The van der Waals surface area contributed by atoms with Gasteiger partial charge in [-0.3, -0.25) is 9.59 Å². The third kappa shape index (κ3) is 2.25. The molecule has 1 aliphatic rings. The lowest BCUT2D eigenvalue weighted by atomic mass is 10.1. The number of likely N-dealkylation sites (tertiary alicyclic amines) is 1. The lowest BCUT2D eigenvalue weighted by molar-refractivity contribution is -0.141. The first-order valence-electron chi connectivity index (χ1n) is 5.08. The summed E-state index contributed by atoms with van der Waals surface area (Å²) in [4.78, 5) is 23.9. The van der Waals surface area contributed by atoms with Gasteiger partial charge < -0.3 is 10.0 Å². The summed E-state index contributed by atoms with van der Waals surface area (Å²) in [7, 11) is 0. The van der Waals surface area contributed by atoms with Crippen molar-refractivity contribution in [1.82, 2.24) is 4.90 Å². The summed E-state index contributed by atoms with van der Waals surface area (Å²) in [5.41, 5.74) is 0. The number of carbonyl (C=O) groups excluding carboxylic acids is 1. The zero-order chi connectivity index (χ0) is 10.7. The molecule has 14 heavy (non-hydrogen) atoms. The van der Waals surface area contributed by atoms with E-state index < -0.39 is 11.9 Å². The van der Waals surface area contributed by atoms with Gasteiger partial charge in [-0.15, -0.1) is 0 Å². The van der Waals surface area contributed by atoms with E-state index in [0.29, 0.717) is 6.54 Å². The number of hydrogen-bond donors (Lipinski definition) is 1. The highest BCUT2D eigenvalue weighted by Crippen LogP contribution is 2.21. The topological polar surface area (TPSA) is 57.6 Å². The van der Waals surface area contributed by atoms with Gasteiger partial charge in [0.1, 0.15) is 0 Å². The molecule has 1 fully saturated rings. The second-order valence-electron chi connectivity index (χ2n) is 3.92. The number of aliphatic carboxylic acids is 1. The molecule has 0 unspecified atom stereocenters. The summed E-state index contributed by atoms with van der Waals surface area (Å²) in [6.45, 7) is 4.42. The molecule has 1 rings (SSSR count). The summed E-state index contributed by atoms with van der Waals surface area (Å²) in [5, 5.41) is 8.78. The van der Waals surface area contributed by atoms with Crippen molar-refractivity contribution in [3.8, 4) is 0 Å². The van der Waals surface area contributed by atoms with Crippen LogP contribution in [0.2, 0.25) is 0 Å². The van der Waals surface area contributed by atoms with Crippen molar-refractivity contribution >= 4 is 11.9 Å². The van der Waals surface area contributed by atoms with Crippen LogP contribution >= 0.6 is 0 Å². The number of hydrogen-bond acceptors (Lipinski definition) is 2. The van der Waals surface area contributed by atoms with E-state index in [1.807, 2.05) is 6.92 Å². The van der Waals surface area contributed by atoms with E-state index in [1.165, 1.54) is 0 Å². The molecule has 2 atom stereocenters. The Balaban J connectivity index is 2.56. The first kappa shape index (κ1) is 11.0. The minimum Gasteiger partial charge on any atom is -0.481 e. The third-order valence-electron chi connectivity index (χ3n) is 2.75. The van der Waals surface area contributed by atoms with Crippen LogP contribution in [0.1, 0.15) is 33.1 Å². The molecule has 0 aromatic heterocycles. The second kappa shape index (κ2) is 4.44. The average Bonchev–Trinajstić information content (AvgIpc) is 2.48. The molecule has 80 valence electrons. The van der Waals surface area contributed by atoms with Crippen LogP contribution in [0.3, 0.4) is 0 Å². The Labute approximate surface area is 83.9 Å². The van der Waals surface area contributed by atoms with Crippen LogP contribution in [-0.4, -0.2) is 34.5 Å². The summed E-state index contributed by atoms with van der Waals surface area (Å²) in [6, 6.07) is 0.178. The number of nitrogens with zero attached hydrogens (tertiary/aromatic N) is 1. The Morgan fingerprint density at radius 2 is 2.36 bits per heavy atom. The van der Waals surface area contributed by atoms with E-state index >= 15 is 0 Å². The minimum absolute atomic E-state index is 0.0154. The average molecular weight is 199 g/mol. The van der Waals surface area contributed by atoms with Crippen LogP contribution in [0.25, 0.3) is 0 Å². The minimum atomic E-state index is -0.857. The predicted molar refractivity (Wildman–Crippen MR) is 51.8 cm³/mol. The highest BCUT2D eigenvalue weighted by molar-refractivity contribution is 5.86. The Bertz CT molecular complexity index is 240. The third-order valence-corrected chi connectivity index (χ3v) is 2.75. The van der Waals surface area contributed by atoms with Gasteiger partial charge in [0.15, 0.2) is 0 Å². The number of carboxylic acid groups (broad SMARTS) is 1. The van der Waals surface area contributed by atoms with Gasteiger partial charge in [-0.05, 0) is 13.3 Å². The van der Waals surface area contributed by atoms with Crippen LogP contribution in [-0.2, 0) is 9.59 Å². The van der Waals surface area contributed by atoms with E-state index in [1.54, 1.807) is 4.90 Å². The summed E-state index contributed by atoms with van der Waals surface area (Å²) in [6.07, 6.45) is 2.13. The fraction of sp³-hybridized carbons (Fsp3) is 0.800. The van der Waals surface area contributed by atoms with Crippen molar-refractivity contribution < 1.29 is 14.7 Å². The fourth-order valence-electron chi connectivity index (χ4n) is 1.90. The lowest BCUT2D eigenvalue weighted by Gasteiger charge is -2.23. The molecule has 0 aromatic carbocycles. The van der Waals surface area contributed by atoms with Crippen LogP contribution in [0.5, 0.6) is 0 Å². The van der Waals surface area contributed by atoms with Crippen molar-refractivity contribution in [3.63, 3.8) is 0 Å². The van der Waals surface area contributed by atoms with Crippen LogP contribution < -0.4 is 0 Å². The zero-order valence-electron chi connectivity index (χ0n) is 8.69. The monoisotopic (exact) mass is 199 g/mol. The molecule has 0 bridgehead atoms. The number of carboxylic acids is 1. The van der Waals surface area contributed by atoms with Crippen molar-refractivity contribution in [2.75, 3.05) is 6.54 Å². The highest BCUT2D eigenvalue weighted by atomic mass is 16.4. The molecule has 0 aromatic rings. The maximum Gasteiger partial charge on any atom is 0.308 e. The maximum absolute atomic E-state index is 11.5. The SMILES string of the molecule is CCC[C@H](C)N1C[C@@H](C(=O)O)CC1=O. The van der Waals surface area contributed by atoms with E-state index in [-0.39, 0.29) is 18.4 Å². The fourth-order valence-corrected chi connectivity index (χ4v) is 1.90. The smallest absolute Gasteiger partial charge is 0.308 e. The molecule has 1 heterocycles. The van der Waals surface area contributed by atoms with E-state index in [2.05, 4.69) is 6.92 Å². The van der Waals surface area contributed by atoms with Crippen molar-refractivity contribution in [1.29, 1.82) is 0 Å². The highest BCUT2D eigenvalue weighted by Gasteiger charge is 2.36. The molecule has 1 saturated heterocycles. The normalized spacial score (nSPS) is 24.0. The molecule has 0 radical (unpaired) electrons. The Kier molecular flexibility index (Phi) is 3.49. The van der Waals surface area contributed by atoms with Gasteiger partial charge in [-0.1, -0.05) is 13.3 Å². The Morgan fingerprint density at radius 1 is 1.71 bits per heavy atom. The van der Waals surface area contributed by atoms with Gasteiger partial charge in [0.05, 0.1) is 5.92 Å². The number of amides is 1. The maximum atomic E-state index is 11.5. The van der Waals surface area contributed by atoms with E-state index in [4.69, 9.17) is 5.11 Å². The van der Waals surface area contributed by atoms with E-state index in [9.17, 15) is 9.59 Å². The van der Waals surface area contributed by atoms with Gasteiger partial charge >= 0.3 is 5.97 Å². The van der Waals surface area contributed by atoms with Crippen molar-refractivity contribution in [3.05, 3.63) is 0 Å². The molecule has 4 heteroatoms. The first-order valence-corrected chi connectivity index (χ1v) is 5.08. The van der Waals surface area contributed by atoms with E-state index in [0.717, 1.165) is 12.8 Å². The van der Waals surface area contributed by atoms with Crippen LogP contribution in [0.4, 0.5) is 0 Å². The first-order chi connectivity index (χ1) is 6.56. The quantitative estimate of drug-likeness (QED) is 0.737. The predicted octanol–water partition coefficient (Wildman–Crippen LogP) is 1.11. The molecule has 1 N–H and O–H groups in total. The standard InChI is InChI=1S/C10H17NO3/c1-3-4-7(2)11-6-8(10(13)14)5-9(11)12/h7-8H,3-6H2,1-2H3,(H,13,14)/t7-,8-/m0/s1. The second-order valence-corrected chi connectivity index (χ2v) is 3.92. The van der Waals surface area contributed by atoms with Gasteiger partial charge in [0.25, 0.3) is 0 Å². The largest absolute Gasteiger partial charge is 0.481 e. The lowest BCUT2D eigenvalue weighted by Crippen LogP contribution is -2.34. The van der Waals surface area contributed by atoms with Gasteiger partial charge in [-0.2, -0.15) is 0 Å². The summed E-state index contributed by atoms with van der Waals surface area (Å²) < 4.78 is 0. The van der Waals surface area contributed by atoms with Crippen LogP contribution in [0.15, 0.2) is 0 Å². The van der Waals surface area contributed by atoms with Gasteiger partial charge in [0.2, 0.25) is 5.91 Å². The Hall–Kier alpha value is -1.06. The summed E-state index contributed by atoms with van der Waals surface area (Å²) >= 11 is 0. The molecule has 0 spiro atoms. The number of carbonyl (C=O) groups is 2. The molecule has 1 amide bonds. The molecule has 0 saturated carbocycles. The van der Waals surface area contributed by atoms with Crippen LogP contribution in [0, 0.1) is 5.92 Å². The molecule has 0 aliphatic carbocycles. The van der Waals surface area contributed by atoms with Crippen molar-refractivity contribution in [2.24, 2.45) is 5.92 Å². The molecule has 1 aliphatic heterocycles. The summed E-state index contributed by atoms with van der Waals surface area (Å²) in [5.74, 6) is -1.37. The molecule has 4 nitrogen and oxygen atoms in total. The number of rotatable bonds is 4. The van der Waals surface area contributed by atoms with Gasteiger partial charge in [-0.25, -0.2) is 0 Å². The zero-order valence-corrected chi connectivity index (χ0v) is 8.69.